The number of hydrogen-bond acceptors (Lipinski definition) is 1. The third kappa shape index (κ3) is 1.40. The van der Waals surface area contributed by atoms with Gasteiger partial charge in [0.2, 0.25) is 5.82 Å². The Balaban J connectivity index is 3.22. The van der Waals surface area contributed by atoms with Crippen molar-refractivity contribution < 1.29 is 4.57 Å². The third-order valence-corrected chi connectivity index (χ3v) is 2.03. The molecular formula is C7H12N3S+. The van der Waals surface area contributed by atoms with Crippen molar-refractivity contribution in [2.24, 2.45) is 14.1 Å². The highest BCUT2D eigenvalue weighted by Gasteiger charge is 2.09. The van der Waals surface area contributed by atoms with Crippen molar-refractivity contribution in [3.63, 3.8) is 0 Å². The fourth-order valence-corrected chi connectivity index (χ4v) is 1.27. The zero-order valence-corrected chi connectivity index (χ0v) is 7.61. The van der Waals surface area contributed by atoms with Gasteiger partial charge in [-0.2, -0.15) is 4.68 Å². The van der Waals surface area contributed by atoms with Crippen LogP contribution in [0.3, 0.4) is 0 Å². The van der Waals surface area contributed by atoms with E-state index in [-0.39, 0.29) is 0 Å². The fraction of sp³-hybridized carbons (Fsp3) is 0.429. The molecule has 4 heteroatoms. The van der Waals surface area contributed by atoms with E-state index < -0.39 is 0 Å². The molecule has 0 aliphatic carbocycles. The van der Waals surface area contributed by atoms with Gasteiger partial charge in [0, 0.05) is 0 Å². The van der Waals surface area contributed by atoms with Crippen LogP contribution >= 0.6 is 12.2 Å². The Hall–Kier alpha value is -0.900. The number of hydrogen-bond donors (Lipinski definition) is 1. The van der Waals surface area contributed by atoms with Crippen LogP contribution in [0.25, 0.3) is 0 Å². The number of allylic oxidation sites excluding steroid dienone is 1. The van der Waals surface area contributed by atoms with Gasteiger partial charge in [-0.05, 0) is 12.2 Å². The molecule has 60 valence electrons. The standard InChI is InChI=1S/C7H11N3S/c1-4-5-6-9(2)7(11)8-10(6)3/h4H,1,5H2,2-3H3/p+1. The van der Waals surface area contributed by atoms with Crippen LogP contribution < -0.4 is 4.57 Å². The maximum atomic E-state index is 5.03. The van der Waals surface area contributed by atoms with Gasteiger partial charge in [0.05, 0.1) is 20.5 Å². The van der Waals surface area contributed by atoms with Crippen molar-refractivity contribution in [2.75, 3.05) is 0 Å². The van der Waals surface area contributed by atoms with Gasteiger partial charge in [-0.3, -0.25) is 0 Å². The summed E-state index contributed by atoms with van der Waals surface area (Å²) < 4.78 is 4.59. The number of rotatable bonds is 2. The van der Waals surface area contributed by atoms with Gasteiger partial charge in [-0.25, -0.2) is 4.57 Å². The Morgan fingerprint density at radius 3 is 2.82 bits per heavy atom. The Morgan fingerprint density at radius 2 is 2.45 bits per heavy atom. The van der Waals surface area contributed by atoms with E-state index in [2.05, 4.69) is 11.7 Å². The number of aryl methyl sites for hydroxylation is 1. The van der Waals surface area contributed by atoms with Crippen molar-refractivity contribution in [3.8, 4) is 0 Å². The lowest BCUT2D eigenvalue weighted by Crippen LogP contribution is -2.33. The summed E-state index contributed by atoms with van der Waals surface area (Å²) in [5, 5.41) is 3.01. The summed E-state index contributed by atoms with van der Waals surface area (Å²) in [4.78, 5) is 0. The van der Waals surface area contributed by atoms with Gasteiger partial charge in [0.15, 0.2) is 0 Å². The molecule has 1 aromatic rings. The second-order valence-electron chi connectivity index (χ2n) is 2.44. The van der Waals surface area contributed by atoms with E-state index in [0.717, 1.165) is 17.0 Å². The number of nitrogens with one attached hydrogen (secondary N) is 1. The Morgan fingerprint density at radius 1 is 1.82 bits per heavy atom. The molecule has 0 atom stereocenters. The van der Waals surface area contributed by atoms with E-state index in [9.17, 15) is 0 Å². The summed E-state index contributed by atoms with van der Waals surface area (Å²) in [7, 11) is 3.88. The Bertz CT molecular complexity index is 321. The smallest absolute Gasteiger partial charge is 0.224 e. The SMILES string of the molecule is C=CCc1n(C)[nH]c(=S)[n+]1C. The topological polar surface area (TPSA) is 24.6 Å². The lowest BCUT2D eigenvalue weighted by atomic mass is 10.4. The largest absolute Gasteiger partial charge is 0.323 e. The summed E-state index contributed by atoms with van der Waals surface area (Å²) in [6, 6.07) is 0. The molecule has 0 saturated heterocycles. The highest BCUT2D eigenvalue weighted by atomic mass is 32.1. The second kappa shape index (κ2) is 3.00. The van der Waals surface area contributed by atoms with E-state index in [4.69, 9.17) is 12.2 Å². The first-order valence-corrected chi connectivity index (χ1v) is 3.82. The number of aromatic nitrogens is 3. The predicted octanol–water partition coefficient (Wildman–Crippen LogP) is 0.636. The molecule has 1 N–H and O–H groups in total. The van der Waals surface area contributed by atoms with E-state index >= 15 is 0 Å². The summed E-state index contributed by atoms with van der Waals surface area (Å²) >= 11 is 5.03. The molecule has 0 fully saturated rings. The average molecular weight is 170 g/mol. The van der Waals surface area contributed by atoms with E-state index in [1.807, 2.05) is 29.4 Å². The quantitative estimate of drug-likeness (QED) is 0.393. The first-order chi connectivity index (χ1) is 5.16. The van der Waals surface area contributed by atoms with Crippen molar-refractivity contribution >= 4 is 12.2 Å². The third-order valence-electron chi connectivity index (χ3n) is 1.67. The van der Waals surface area contributed by atoms with Crippen LogP contribution in [-0.4, -0.2) is 9.78 Å². The molecule has 1 rings (SSSR count). The van der Waals surface area contributed by atoms with Crippen LogP contribution in [-0.2, 0) is 20.5 Å². The molecule has 11 heavy (non-hydrogen) atoms. The minimum atomic E-state index is 0.740. The molecule has 1 heterocycles. The van der Waals surface area contributed by atoms with Gasteiger partial charge in [0.1, 0.15) is 0 Å². The molecule has 3 nitrogen and oxygen atoms in total. The zero-order valence-electron chi connectivity index (χ0n) is 6.79. The molecular weight excluding hydrogens is 158 g/mol. The van der Waals surface area contributed by atoms with Crippen molar-refractivity contribution in [2.45, 2.75) is 6.42 Å². The summed E-state index contributed by atoms with van der Waals surface area (Å²) in [5.74, 6) is 1.13. The van der Waals surface area contributed by atoms with Crippen LogP contribution in [0.2, 0.25) is 0 Å². The van der Waals surface area contributed by atoms with Gasteiger partial charge < -0.3 is 0 Å². The van der Waals surface area contributed by atoms with Crippen molar-refractivity contribution in [1.82, 2.24) is 9.78 Å². The molecule has 0 radical (unpaired) electrons. The molecule has 1 aromatic heterocycles. The molecule has 0 aliphatic rings. The molecule has 0 amide bonds. The zero-order chi connectivity index (χ0) is 8.43. The maximum Gasteiger partial charge on any atom is 0.323 e. The van der Waals surface area contributed by atoms with E-state index in [1.165, 1.54) is 0 Å². The molecule has 0 unspecified atom stereocenters. The number of nitrogens with zero attached hydrogens (tertiary/aromatic N) is 2. The maximum absolute atomic E-state index is 5.03. The van der Waals surface area contributed by atoms with Crippen molar-refractivity contribution in [1.29, 1.82) is 0 Å². The number of aromatic amines is 1. The van der Waals surface area contributed by atoms with Crippen LogP contribution in [0.1, 0.15) is 5.82 Å². The summed E-state index contributed by atoms with van der Waals surface area (Å²) in [6.07, 6.45) is 2.69. The first kappa shape index (κ1) is 8.20. The molecule has 0 aromatic carbocycles. The van der Waals surface area contributed by atoms with Crippen molar-refractivity contribution in [3.05, 3.63) is 23.3 Å². The van der Waals surface area contributed by atoms with Crippen LogP contribution in [0.5, 0.6) is 0 Å². The van der Waals surface area contributed by atoms with E-state index in [0.29, 0.717) is 0 Å². The van der Waals surface area contributed by atoms with E-state index in [1.54, 1.807) is 0 Å². The van der Waals surface area contributed by atoms with Crippen LogP contribution in [0.4, 0.5) is 0 Å². The fourth-order valence-electron chi connectivity index (χ4n) is 1.03. The van der Waals surface area contributed by atoms with Gasteiger partial charge in [-0.15, -0.1) is 11.7 Å². The molecule has 0 aliphatic heterocycles. The monoisotopic (exact) mass is 170 g/mol. The van der Waals surface area contributed by atoms with Crippen LogP contribution in [0.15, 0.2) is 12.7 Å². The molecule has 0 bridgehead atoms. The number of H-pyrrole nitrogens is 1. The highest BCUT2D eigenvalue weighted by molar-refractivity contribution is 7.71. The molecule has 0 saturated carbocycles. The highest BCUT2D eigenvalue weighted by Crippen LogP contribution is 1.90. The predicted molar refractivity (Wildman–Crippen MR) is 45.7 cm³/mol. The van der Waals surface area contributed by atoms with Gasteiger partial charge in [0.25, 0.3) is 0 Å². The lowest BCUT2D eigenvalue weighted by molar-refractivity contribution is -0.685. The Kier molecular flexibility index (Phi) is 2.24. The summed E-state index contributed by atoms with van der Waals surface area (Å²) in [5.41, 5.74) is 0. The normalized spacial score (nSPS) is 10.0. The van der Waals surface area contributed by atoms with Gasteiger partial charge in [-0.1, -0.05) is 6.08 Å². The first-order valence-electron chi connectivity index (χ1n) is 3.41. The minimum Gasteiger partial charge on any atom is -0.224 e. The van der Waals surface area contributed by atoms with Crippen LogP contribution in [0, 0.1) is 4.77 Å². The molecule has 0 spiro atoms. The Labute approximate surface area is 71.0 Å². The summed E-state index contributed by atoms with van der Waals surface area (Å²) in [6.45, 7) is 3.67. The average Bonchev–Trinajstić information content (AvgIpc) is 2.17. The minimum absolute atomic E-state index is 0.740. The van der Waals surface area contributed by atoms with Gasteiger partial charge >= 0.3 is 4.77 Å². The lowest BCUT2D eigenvalue weighted by Gasteiger charge is -1.91. The second-order valence-corrected chi connectivity index (χ2v) is 2.83.